The van der Waals surface area contributed by atoms with Crippen molar-refractivity contribution in [3.8, 4) is 0 Å². The molecule has 1 aliphatic heterocycles. The van der Waals surface area contributed by atoms with Gasteiger partial charge in [-0.05, 0) is 30.4 Å². The second-order valence-corrected chi connectivity index (χ2v) is 6.49. The third-order valence-electron chi connectivity index (χ3n) is 5.07. The highest BCUT2D eigenvalue weighted by Crippen LogP contribution is 2.28. The van der Waals surface area contributed by atoms with E-state index >= 15 is 0 Å². The van der Waals surface area contributed by atoms with Gasteiger partial charge in [0.05, 0.1) is 0 Å². The van der Waals surface area contributed by atoms with Crippen LogP contribution in [-0.2, 0) is 6.42 Å². The molecule has 0 saturated carbocycles. The van der Waals surface area contributed by atoms with Crippen molar-refractivity contribution >= 4 is 5.69 Å². The first-order valence-corrected chi connectivity index (χ1v) is 8.79. The Morgan fingerprint density at radius 1 is 1.24 bits per heavy atom. The molecule has 1 aromatic carbocycles. The summed E-state index contributed by atoms with van der Waals surface area (Å²) in [4.78, 5) is 2.68. The van der Waals surface area contributed by atoms with Crippen molar-refractivity contribution in [3.63, 3.8) is 0 Å². The van der Waals surface area contributed by atoms with Crippen molar-refractivity contribution in [2.24, 2.45) is 5.92 Å². The summed E-state index contributed by atoms with van der Waals surface area (Å²) >= 11 is 0. The summed E-state index contributed by atoms with van der Waals surface area (Å²) in [6.07, 6.45) is 4.86. The molecule has 0 aliphatic carbocycles. The number of nitrogens with zero attached hydrogens (tertiary/aromatic N) is 1. The molecular formula is C19H32N2. The highest BCUT2D eigenvalue weighted by atomic mass is 15.2. The van der Waals surface area contributed by atoms with E-state index in [1.54, 1.807) is 0 Å². The number of aryl methyl sites for hydroxylation is 1. The summed E-state index contributed by atoms with van der Waals surface area (Å²) in [5, 5.41) is 3.78. The van der Waals surface area contributed by atoms with Crippen LogP contribution in [0.15, 0.2) is 24.3 Å². The normalized spacial score (nSPS) is 24.1. The highest BCUT2D eigenvalue weighted by molar-refractivity contribution is 5.55. The summed E-state index contributed by atoms with van der Waals surface area (Å²) < 4.78 is 0. The van der Waals surface area contributed by atoms with Crippen LogP contribution in [-0.4, -0.2) is 25.2 Å². The van der Waals surface area contributed by atoms with Gasteiger partial charge in [0.1, 0.15) is 0 Å². The van der Waals surface area contributed by atoms with Gasteiger partial charge in [0.15, 0.2) is 0 Å². The monoisotopic (exact) mass is 288 g/mol. The molecular weight excluding hydrogens is 256 g/mol. The van der Waals surface area contributed by atoms with Gasteiger partial charge >= 0.3 is 0 Å². The van der Waals surface area contributed by atoms with Crippen LogP contribution in [0, 0.1) is 5.92 Å². The molecule has 1 heterocycles. The van der Waals surface area contributed by atoms with Gasteiger partial charge in [0.2, 0.25) is 0 Å². The van der Waals surface area contributed by atoms with Crippen LogP contribution in [0.1, 0.15) is 52.5 Å². The van der Waals surface area contributed by atoms with Crippen molar-refractivity contribution in [2.45, 2.75) is 65.5 Å². The standard InChI is InChI=1S/C19H32N2/c1-5-10-16-11-8-9-12-19(16)21-14-18(15(4)6-2)20-13-17(21)7-3/h8-9,11-12,15,17-18,20H,5-7,10,13-14H2,1-4H3. The summed E-state index contributed by atoms with van der Waals surface area (Å²) in [5.41, 5.74) is 2.99. The Morgan fingerprint density at radius 3 is 2.67 bits per heavy atom. The molecule has 3 unspecified atom stereocenters. The molecule has 0 aromatic heterocycles. The van der Waals surface area contributed by atoms with E-state index in [2.05, 4.69) is 62.2 Å². The molecule has 0 amide bonds. The van der Waals surface area contributed by atoms with E-state index in [-0.39, 0.29) is 0 Å². The quantitative estimate of drug-likeness (QED) is 0.842. The maximum atomic E-state index is 3.78. The fourth-order valence-electron chi connectivity index (χ4n) is 3.42. The molecule has 0 bridgehead atoms. The Kier molecular flexibility index (Phi) is 6.10. The van der Waals surface area contributed by atoms with E-state index in [4.69, 9.17) is 0 Å². The number of anilines is 1. The average molecular weight is 288 g/mol. The highest BCUT2D eigenvalue weighted by Gasteiger charge is 2.30. The fourth-order valence-corrected chi connectivity index (χ4v) is 3.42. The molecule has 118 valence electrons. The Labute approximate surface area is 130 Å². The first-order valence-electron chi connectivity index (χ1n) is 8.79. The van der Waals surface area contributed by atoms with E-state index < -0.39 is 0 Å². The molecule has 1 fully saturated rings. The summed E-state index contributed by atoms with van der Waals surface area (Å²) in [6, 6.07) is 10.3. The molecule has 2 rings (SSSR count). The maximum Gasteiger partial charge on any atom is 0.0412 e. The number of piperazine rings is 1. The molecule has 1 saturated heterocycles. The molecule has 2 nitrogen and oxygen atoms in total. The van der Waals surface area contributed by atoms with E-state index in [1.807, 2.05) is 0 Å². The molecule has 1 aliphatic rings. The number of benzene rings is 1. The number of rotatable bonds is 6. The lowest BCUT2D eigenvalue weighted by Crippen LogP contribution is -2.58. The average Bonchev–Trinajstić information content (AvgIpc) is 2.54. The Hall–Kier alpha value is -1.02. The van der Waals surface area contributed by atoms with E-state index in [1.165, 1.54) is 36.9 Å². The second-order valence-electron chi connectivity index (χ2n) is 6.49. The van der Waals surface area contributed by atoms with Crippen molar-refractivity contribution in [3.05, 3.63) is 29.8 Å². The van der Waals surface area contributed by atoms with Crippen LogP contribution in [0.25, 0.3) is 0 Å². The van der Waals surface area contributed by atoms with Crippen LogP contribution in [0.2, 0.25) is 0 Å². The van der Waals surface area contributed by atoms with Crippen molar-refractivity contribution in [1.82, 2.24) is 5.32 Å². The maximum absolute atomic E-state index is 3.78. The van der Waals surface area contributed by atoms with Gasteiger partial charge in [-0.3, -0.25) is 0 Å². The van der Waals surface area contributed by atoms with Gasteiger partial charge in [-0.1, -0.05) is 58.7 Å². The third-order valence-corrected chi connectivity index (χ3v) is 5.07. The van der Waals surface area contributed by atoms with Crippen molar-refractivity contribution in [2.75, 3.05) is 18.0 Å². The molecule has 2 heteroatoms. The minimum atomic E-state index is 0.618. The van der Waals surface area contributed by atoms with Crippen molar-refractivity contribution < 1.29 is 0 Å². The third kappa shape index (κ3) is 3.79. The van der Waals surface area contributed by atoms with E-state index in [9.17, 15) is 0 Å². The second kappa shape index (κ2) is 7.84. The zero-order valence-electron chi connectivity index (χ0n) is 14.2. The summed E-state index contributed by atoms with van der Waals surface area (Å²) in [6.45, 7) is 11.5. The number of nitrogens with one attached hydrogen (secondary N) is 1. The lowest BCUT2D eigenvalue weighted by molar-refractivity contribution is 0.306. The molecule has 21 heavy (non-hydrogen) atoms. The lowest BCUT2D eigenvalue weighted by Gasteiger charge is -2.44. The first-order chi connectivity index (χ1) is 10.2. The Bertz CT molecular complexity index is 429. The van der Waals surface area contributed by atoms with Gasteiger partial charge in [-0.25, -0.2) is 0 Å². The van der Waals surface area contributed by atoms with Crippen LogP contribution < -0.4 is 10.2 Å². The SMILES string of the molecule is CCCc1ccccc1N1CC(C(C)CC)NCC1CC. The van der Waals surface area contributed by atoms with Gasteiger partial charge < -0.3 is 10.2 Å². The van der Waals surface area contributed by atoms with Gasteiger partial charge in [-0.2, -0.15) is 0 Å². The molecule has 1 N–H and O–H groups in total. The van der Waals surface area contributed by atoms with Gasteiger partial charge in [0, 0.05) is 30.9 Å². The lowest BCUT2D eigenvalue weighted by atomic mass is 9.93. The minimum absolute atomic E-state index is 0.618. The smallest absolute Gasteiger partial charge is 0.0412 e. The van der Waals surface area contributed by atoms with Crippen molar-refractivity contribution in [1.29, 1.82) is 0 Å². The Morgan fingerprint density at radius 2 is 2.00 bits per heavy atom. The van der Waals surface area contributed by atoms with Crippen LogP contribution in [0.3, 0.4) is 0 Å². The van der Waals surface area contributed by atoms with Gasteiger partial charge in [0.25, 0.3) is 0 Å². The zero-order valence-corrected chi connectivity index (χ0v) is 14.2. The van der Waals surface area contributed by atoms with E-state index in [0.717, 1.165) is 19.0 Å². The number of hydrogen-bond donors (Lipinski definition) is 1. The molecule has 0 spiro atoms. The summed E-state index contributed by atoms with van der Waals surface area (Å²) in [7, 11) is 0. The predicted molar refractivity (Wildman–Crippen MR) is 93.1 cm³/mol. The number of para-hydroxylation sites is 1. The topological polar surface area (TPSA) is 15.3 Å². The van der Waals surface area contributed by atoms with Crippen LogP contribution in [0.4, 0.5) is 5.69 Å². The zero-order chi connectivity index (χ0) is 15.2. The molecule has 1 aromatic rings. The predicted octanol–water partition coefficient (Wildman–Crippen LogP) is 4.24. The first kappa shape index (κ1) is 16.4. The van der Waals surface area contributed by atoms with Crippen LogP contribution in [0.5, 0.6) is 0 Å². The molecule has 3 atom stereocenters. The van der Waals surface area contributed by atoms with Crippen LogP contribution >= 0.6 is 0 Å². The van der Waals surface area contributed by atoms with E-state index in [0.29, 0.717) is 12.1 Å². The minimum Gasteiger partial charge on any atom is -0.365 e. The Balaban J connectivity index is 2.24. The molecule has 0 radical (unpaired) electrons. The summed E-state index contributed by atoms with van der Waals surface area (Å²) in [5.74, 6) is 0.739. The fraction of sp³-hybridized carbons (Fsp3) is 0.684. The largest absolute Gasteiger partial charge is 0.365 e. The number of hydrogen-bond acceptors (Lipinski definition) is 2. The van der Waals surface area contributed by atoms with Gasteiger partial charge in [-0.15, -0.1) is 0 Å².